The van der Waals surface area contributed by atoms with Crippen LogP contribution in [0.2, 0.25) is 0 Å². The second-order valence-electron chi connectivity index (χ2n) is 6.41. The zero-order valence-corrected chi connectivity index (χ0v) is 14.6. The molecule has 1 aromatic carbocycles. The summed E-state index contributed by atoms with van der Waals surface area (Å²) in [5, 5.41) is 14.5. The molecule has 0 unspecified atom stereocenters. The Hall–Kier alpha value is -2.14. The van der Waals surface area contributed by atoms with Crippen molar-refractivity contribution < 1.29 is 14.7 Å². The summed E-state index contributed by atoms with van der Waals surface area (Å²) in [6, 6.07) is 7.82. The van der Waals surface area contributed by atoms with Crippen LogP contribution in [0.5, 0.6) is 0 Å². The van der Waals surface area contributed by atoms with Crippen LogP contribution in [0.3, 0.4) is 0 Å². The quantitative estimate of drug-likeness (QED) is 0.856. The Morgan fingerprint density at radius 1 is 1.17 bits per heavy atom. The summed E-state index contributed by atoms with van der Waals surface area (Å²) >= 11 is 1.24. The Bertz CT molecular complexity index is 724. The molecule has 2 N–H and O–H groups in total. The van der Waals surface area contributed by atoms with Gasteiger partial charge in [0, 0.05) is 16.4 Å². The number of carboxylic acid groups (broad SMARTS) is 1. The highest BCUT2D eigenvalue weighted by atomic mass is 32.1. The minimum absolute atomic E-state index is 0.150. The fourth-order valence-electron chi connectivity index (χ4n) is 2.09. The average molecular weight is 331 g/mol. The van der Waals surface area contributed by atoms with E-state index in [1.807, 2.05) is 24.3 Å². The van der Waals surface area contributed by atoms with Crippen molar-refractivity contribution >= 4 is 28.2 Å². The number of anilines is 1. The Labute approximate surface area is 140 Å². The van der Waals surface area contributed by atoms with Gasteiger partial charge in [-0.25, -0.2) is 4.79 Å². The third-order valence-electron chi connectivity index (χ3n) is 3.59. The number of benzene rings is 1. The number of carboxylic acids is 1. The highest BCUT2D eigenvalue weighted by Crippen LogP contribution is 2.36. The SMILES string of the molecule is CCc1ccc(-c2csc(NC(=O)C(C)(C)C)c2C(=O)O)cc1. The van der Waals surface area contributed by atoms with Crippen LogP contribution in [0.15, 0.2) is 29.6 Å². The summed E-state index contributed by atoms with van der Waals surface area (Å²) in [4.78, 5) is 23.8. The predicted molar refractivity (Wildman–Crippen MR) is 94.2 cm³/mol. The summed E-state index contributed by atoms with van der Waals surface area (Å²) in [6.45, 7) is 7.45. The molecule has 0 bridgehead atoms. The van der Waals surface area contributed by atoms with Gasteiger partial charge in [0.15, 0.2) is 0 Å². The van der Waals surface area contributed by atoms with Crippen molar-refractivity contribution in [2.45, 2.75) is 34.1 Å². The van der Waals surface area contributed by atoms with Crippen LogP contribution < -0.4 is 5.32 Å². The van der Waals surface area contributed by atoms with E-state index >= 15 is 0 Å². The van der Waals surface area contributed by atoms with E-state index in [-0.39, 0.29) is 11.5 Å². The molecule has 0 saturated heterocycles. The molecule has 0 aliphatic carbocycles. The molecule has 2 aromatic rings. The highest BCUT2D eigenvalue weighted by Gasteiger charge is 2.26. The molecule has 0 atom stereocenters. The molecule has 1 amide bonds. The van der Waals surface area contributed by atoms with Gasteiger partial charge in [-0.05, 0) is 17.5 Å². The van der Waals surface area contributed by atoms with E-state index in [0.717, 1.165) is 12.0 Å². The van der Waals surface area contributed by atoms with E-state index in [9.17, 15) is 14.7 Å². The number of carbonyl (C=O) groups is 2. The first-order valence-electron chi connectivity index (χ1n) is 7.49. The molecule has 23 heavy (non-hydrogen) atoms. The molecule has 2 rings (SSSR count). The third kappa shape index (κ3) is 3.79. The van der Waals surface area contributed by atoms with Crippen LogP contribution in [0.1, 0.15) is 43.6 Å². The molecule has 0 fully saturated rings. The maximum absolute atomic E-state index is 12.1. The number of hydrogen-bond acceptors (Lipinski definition) is 3. The van der Waals surface area contributed by atoms with Gasteiger partial charge in [-0.15, -0.1) is 11.3 Å². The first kappa shape index (κ1) is 17.2. The van der Waals surface area contributed by atoms with Gasteiger partial charge in [0.2, 0.25) is 5.91 Å². The minimum atomic E-state index is -1.04. The topological polar surface area (TPSA) is 66.4 Å². The van der Waals surface area contributed by atoms with Crippen molar-refractivity contribution in [2.24, 2.45) is 5.41 Å². The van der Waals surface area contributed by atoms with Gasteiger partial charge in [0.25, 0.3) is 0 Å². The number of aromatic carboxylic acids is 1. The van der Waals surface area contributed by atoms with E-state index in [2.05, 4.69) is 12.2 Å². The summed E-state index contributed by atoms with van der Waals surface area (Å²) in [5.41, 5.74) is 2.24. The molecule has 4 nitrogen and oxygen atoms in total. The van der Waals surface area contributed by atoms with Crippen molar-refractivity contribution in [1.82, 2.24) is 0 Å². The lowest BCUT2D eigenvalue weighted by atomic mass is 9.95. The number of aryl methyl sites for hydroxylation is 1. The van der Waals surface area contributed by atoms with E-state index in [1.165, 1.54) is 16.9 Å². The molecule has 122 valence electrons. The van der Waals surface area contributed by atoms with E-state index in [1.54, 1.807) is 26.2 Å². The van der Waals surface area contributed by atoms with Crippen LogP contribution in [0.4, 0.5) is 5.00 Å². The standard InChI is InChI=1S/C18H21NO3S/c1-5-11-6-8-12(9-7-11)13-10-23-15(14(13)16(20)21)19-17(22)18(2,3)4/h6-10H,5H2,1-4H3,(H,19,22)(H,20,21). The van der Waals surface area contributed by atoms with E-state index < -0.39 is 11.4 Å². The lowest BCUT2D eigenvalue weighted by molar-refractivity contribution is -0.123. The second kappa shape index (κ2) is 6.54. The molecule has 0 saturated carbocycles. The molecule has 0 spiro atoms. The van der Waals surface area contributed by atoms with Crippen molar-refractivity contribution in [3.05, 3.63) is 40.8 Å². The van der Waals surface area contributed by atoms with Crippen LogP contribution >= 0.6 is 11.3 Å². The van der Waals surface area contributed by atoms with Crippen molar-refractivity contribution in [2.75, 3.05) is 5.32 Å². The van der Waals surface area contributed by atoms with Crippen LogP contribution in [-0.2, 0) is 11.2 Å². The van der Waals surface area contributed by atoms with Gasteiger partial charge in [0.05, 0.1) is 0 Å². The number of amides is 1. The molecule has 0 aliphatic rings. The fraction of sp³-hybridized carbons (Fsp3) is 0.333. The number of carbonyl (C=O) groups excluding carboxylic acids is 1. The summed E-state index contributed by atoms with van der Waals surface area (Å²) in [6.07, 6.45) is 0.933. The average Bonchev–Trinajstić information content (AvgIpc) is 2.90. The van der Waals surface area contributed by atoms with Crippen molar-refractivity contribution in [3.63, 3.8) is 0 Å². The van der Waals surface area contributed by atoms with E-state index in [4.69, 9.17) is 0 Å². The molecular weight excluding hydrogens is 310 g/mol. The summed E-state index contributed by atoms with van der Waals surface area (Å²) in [5.74, 6) is -1.24. The Morgan fingerprint density at radius 3 is 2.26 bits per heavy atom. The molecule has 5 heteroatoms. The maximum Gasteiger partial charge on any atom is 0.339 e. The van der Waals surface area contributed by atoms with Gasteiger partial charge in [-0.3, -0.25) is 4.79 Å². The van der Waals surface area contributed by atoms with Gasteiger partial charge < -0.3 is 10.4 Å². The predicted octanol–water partition coefficient (Wildman–Crippen LogP) is 4.66. The maximum atomic E-state index is 12.1. The molecule has 1 heterocycles. The largest absolute Gasteiger partial charge is 0.478 e. The molecule has 0 aliphatic heterocycles. The lowest BCUT2D eigenvalue weighted by Crippen LogP contribution is -2.27. The summed E-state index contributed by atoms with van der Waals surface area (Å²) < 4.78 is 0. The van der Waals surface area contributed by atoms with Crippen molar-refractivity contribution in [3.8, 4) is 11.1 Å². The number of thiophene rings is 1. The Kier molecular flexibility index (Phi) is 4.90. The summed E-state index contributed by atoms with van der Waals surface area (Å²) in [7, 11) is 0. The fourth-order valence-corrected chi connectivity index (χ4v) is 3.04. The number of hydrogen-bond donors (Lipinski definition) is 2. The van der Waals surface area contributed by atoms with Gasteiger partial charge in [-0.1, -0.05) is 52.0 Å². The first-order chi connectivity index (χ1) is 10.7. The van der Waals surface area contributed by atoms with Crippen LogP contribution in [0, 0.1) is 5.41 Å². The molecular formula is C18H21NO3S. The Balaban J connectivity index is 2.42. The number of nitrogens with one attached hydrogen (secondary N) is 1. The monoisotopic (exact) mass is 331 g/mol. The van der Waals surface area contributed by atoms with Crippen molar-refractivity contribution in [1.29, 1.82) is 0 Å². The third-order valence-corrected chi connectivity index (χ3v) is 4.48. The smallest absolute Gasteiger partial charge is 0.339 e. The first-order valence-corrected chi connectivity index (χ1v) is 8.37. The van der Waals surface area contributed by atoms with Crippen LogP contribution in [-0.4, -0.2) is 17.0 Å². The van der Waals surface area contributed by atoms with Gasteiger partial charge >= 0.3 is 5.97 Å². The molecule has 0 radical (unpaired) electrons. The molecule has 1 aromatic heterocycles. The van der Waals surface area contributed by atoms with Gasteiger partial charge in [0.1, 0.15) is 10.6 Å². The van der Waals surface area contributed by atoms with Crippen LogP contribution in [0.25, 0.3) is 11.1 Å². The minimum Gasteiger partial charge on any atom is -0.478 e. The number of rotatable bonds is 4. The Morgan fingerprint density at radius 2 is 1.78 bits per heavy atom. The lowest BCUT2D eigenvalue weighted by Gasteiger charge is -2.17. The zero-order valence-electron chi connectivity index (χ0n) is 13.8. The second-order valence-corrected chi connectivity index (χ2v) is 7.29. The van der Waals surface area contributed by atoms with Gasteiger partial charge in [-0.2, -0.15) is 0 Å². The highest BCUT2D eigenvalue weighted by molar-refractivity contribution is 7.15. The normalized spacial score (nSPS) is 11.3. The van der Waals surface area contributed by atoms with E-state index in [0.29, 0.717) is 10.6 Å². The zero-order chi connectivity index (χ0) is 17.2.